The number of aliphatic imine (C=N–C) groups is 1. The molecule has 29 heavy (non-hydrogen) atoms. The van der Waals surface area contributed by atoms with E-state index < -0.39 is 0 Å². The highest BCUT2D eigenvalue weighted by molar-refractivity contribution is 14.0. The predicted molar refractivity (Wildman–Crippen MR) is 123 cm³/mol. The standard InChI is InChI=1S/C21H25FN4O2.HI/c1-4-24-21(26-14-17-11-16(13-23)5-7-18(17)22)25-10-9-15-6-8-19(27-2)20(12-15)28-3;/h5-8,11-12H,4,9-10,14H2,1-3H3,(H2,24,25,26);1H. The first-order valence-corrected chi connectivity index (χ1v) is 9.02. The van der Waals surface area contributed by atoms with Gasteiger partial charge in [-0.3, -0.25) is 0 Å². The highest BCUT2D eigenvalue weighted by Gasteiger charge is 2.06. The number of benzene rings is 2. The summed E-state index contributed by atoms with van der Waals surface area (Å²) in [6, 6.07) is 12.1. The summed E-state index contributed by atoms with van der Waals surface area (Å²) in [7, 11) is 3.21. The van der Waals surface area contributed by atoms with E-state index in [9.17, 15) is 4.39 Å². The van der Waals surface area contributed by atoms with Gasteiger partial charge in [0.25, 0.3) is 0 Å². The van der Waals surface area contributed by atoms with Gasteiger partial charge in [0.2, 0.25) is 0 Å². The second kappa shape index (κ2) is 12.8. The van der Waals surface area contributed by atoms with Crippen LogP contribution in [-0.4, -0.2) is 33.3 Å². The number of nitriles is 1. The Morgan fingerprint density at radius 3 is 2.52 bits per heavy atom. The van der Waals surface area contributed by atoms with Gasteiger partial charge in [0, 0.05) is 18.7 Å². The third-order valence-corrected chi connectivity index (χ3v) is 4.08. The van der Waals surface area contributed by atoms with Gasteiger partial charge >= 0.3 is 0 Å². The maximum absolute atomic E-state index is 13.9. The van der Waals surface area contributed by atoms with Gasteiger partial charge < -0.3 is 20.1 Å². The van der Waals surface area contributed by atoms with E-state index >= 15 is 0 Å². The molecule has 2 aromatic rings. The average molecular weight is 512 g/mol. The van der Waals surface area contributed by atoms with E-state index in [4.69, 9.17) is 14.7 Å². The first kappa shape index (κ1) is 24.5. The number of ether oxygens (including phenoxy) is 2. The summed E-state index contributed by atoms with van der Waals surface area (Å²) in [5.41, 5.74) is 1.89. The minimum Gasteiger partial charge on any atom is -0.493 e. The molecule has 6 nitrogen and oxygen atoms in total. The van der Waals surface area contributed by atoms with Crippen molar-refractivity contribution in [1.29, 1.82) is 5.26 Å². The van der Waals surface area contributed by atoms with Crippen LogP contribution in [0.4, 0.5) is 4.39 Å². The van der Waals surface area contributed by atoms with Crippen molar-refractivity contribution in [3.05, 3.63) is 58.9 Å². The van der Waals surface area contributed by atoms with Crippen LogP contribution >= 0.6 is 24.0 Å². The molecule has 0 fully saturated rings. The quantitative estimate of drug-likeness (QED) is 0.321. The monoisotopic (exact) mass is 512 g/mol. The molecule has 0 amide bonds. The highest BCUT2D eigenvalue weighted by atomic mass is 127. The Bertz CT molecular complexity index is 868. The Labute approximate surface area is 188 Å². The summed E-state index contributed by atoms with van der Waals surface area (Å²) in [5, 5.41) is 15.3. The smallest absolute Gasteiger partial charge is 0.191 e. The van der Waals surface area contributed by atoms with E-state index in [1.165, 1.54) is 18.2 Å². The highest BCUT2D eigenvalue weighted by Crippen LogP contribution is 2.27. The van der Waals surface area contributed by atoms with Crippen molar-refractivity contribution in [2.24, 2.45) is 4.99 Å². The molecular formula is C21H26FIN4O2. The van der Waals surface area contributed by atoms with Crippen molar-refractivity contribution in [3.8, 4) is 17.6 Å². The summed E-state index contributed by atoms with van der Waals surface area (Å²) in [4.78, 5) is 4.41. The van der Waals surface area contributed by atoms with Crippen molar-refractivity contribution in [2.45, 2.75) is 19.9 Å². The summed E-state index contributed by atoms with van der Waals surface area (Å²) in [6.07, 6.45) is 0.753. The second-order valence-corrected chi connectivity index (χ2v) is 5.98. The summed E-state index contributed by atoms with van der Waals surface area (Å²) >= 11 is 0. The Balaban J connectivity index is 0.00000420. The van der Waals surface area contributed by atoms with E-state index in [1.807, 2.05) is 31.2 Å². The zero-order valence-electron chi connectivity index (χ0n) is 16.8. The number of nitrogens with one attached hydrogen (secondary N) is 2. The normalized spacial score (nSPS) is 10.5. The zero-order valence-corrected chi connectivity index (χ0v) is 19.1. The van der Waals surface area contributed by atoms with Crippen LogP contribution in [0.2, 0.25) is 0 Å². The molecule has 0 aliphatic heterocycles. The third kappa shape index (κ3) is 7.42. The van der Waals surface area contributed by atoms with Crippen LogP contribution in [0.5, 0.6) is 11.5 Å². The van der Waals surface area contributed by atoms with Crippen LogP contribution in [0, 0.1) is 17.1 Å². The maximum Gasteiger partial charge on any atom is 0.191 e. The van der Waals surface area contributed by atoms with Gasteiger partial charge in [0.1, 0.15) is 5.82 Å². The number of rotatable bonds is 8. The van der Waals surface area contributed by atoms with E-state index in [0.29, 0.717) is 41.7 Å². The molecule has 0 aromatic heterocycles. The fraction of sp³-hybridized carbons (Fsp3) is 0.333. The molecule has 8 heteroatoms. The van der Waals surface area contributed by atoms with Crippen LogP contribution in [0.15, 0.2) is 41.4 Å². The molecular weight excluding hydrogens is 486 g/mol. The number of guanidine groups is 1. The lowest BCUT2D eigenvalue weighted by Gasteiger charge is -2.13. The fourth-order valence-corrected chi connectivity index (χ4v) is 2.63. The molecule has 2 aromatic carbocycles. The lowest BCUT2D eigenvalue weighted by atomic mass is 10.1. The number of hydrogen-bond acceptors (Lipinski definition) is 4. The van der Waals surface area contributed by atoms with Crippen molar-refractivity contribution in [1.82, 2.24) is 10.6 Å². The Hall–Kier alpha value is -2.54. The number of nitrogens with zero attached hydrogens (tertiary/aromatic N) is 2. The van der Waals surface area contributed by atoms with E-state index in [1.54, 1.807) is 14.2 Å². The zero-order chi connectivity index (χ0) is 20.4. The molecule has 0 spiro atoms. The molecule has 0 heterocycles. The van der Waals surface area contributed by atoms with Crippen molar-refractivity contribution < 1.29 is 13.9 Å². The Kier molecular flexibility index (Phi) is 10.8. The first-order valence-electron chi connectivity index (χ1n) is 9.02. The van der Waals surface area contributed by atoms with Gasteiger partial charge in [0.05, 0.1) is 32.4 Å². The minimum absolute atomic E-state index is 0. The van der Waals surface area contributed by atoms with Gasteiger partial charge in [-0.05, 0) is 49.2 Å². The van der Waals surface area contributed by atoms with Crippen molar-refractivity contribution in [2.75, 3.05) is 27.3 Å². The fourth-order valence-electron chi connectivity index (χ4n) is 2.63. The third-order valence-electron chi connectivity index (χ3n) is 4.08. The van der Waals surface area contributed by atoms with E-state index in [0.717, 1.165) is 12.0 Å². The van der Waals surface area contributed by atoms with Crippen molar-refractivity contribution >= 4 is 29.9 Å². The van der Waals surface area contributed by atoms with Crippen LogP contribution in [0.3, 0.4) is 0 Å². The minimum atomic E-state index is -0.371. The summed E-state index contributed by atoms with van der Waals surface area (Å²) in [5.74, 6) is 1.60. The molecule has 0 unspecified atom stereocenters. The van der Waals surface area contributed by atoms with Crippen LogP contribution in [-0.2, 0) is 13.0 Å². The number of halogens is 2. The van der Waals surface area contributed by atoms with Gasteiger partial charge in [0.15, 0.2) is 17.5 Å². The van der Waals surface area contributed by atoms with Crippen LogP contribution in [0.25, 0.3) is 0 Å². The SMILES string of the molecule is CCNC(=NCc1cc(C#N)ccc1F)NCCc1ccc(OC)c(OC)c1.I. The van der Waals surface area contributed by atoms with Crippen LogP contribution in [0.1, 0.15) is 23.6 Å². The topological polar surface area (TPSA) is 78.7 Å². The maximum atomic E-state index is 13.9. The number of hydrogen-bond donors (Lipinski definition) is 2. The lowest BCUT2D eigenvalue weighted by Crippen LogP contribution is -2.38. The summed E-state index contributed by atoms with van der Waals surface area (Å²) in [6.45, 7) is 3.43. The van der Waals surface area contributed by atoms with Gasteiger partial charge in [-0.2, -0.15) is 5.26 Å². The molecule has 0 radical (unpaired) electrons. The first-order chi connectivity index (χ1) is 13.6. The molecule has 0 aliphatic carbocycles. The van der Waals surface area contributed by atoms with Crippen molar-refractivity contribution in [3.63, 3.8) is 0 Å². The predicted octanol–water partition coefficient (Wildman–Crippen LogP) is 3.63. The van der Waals surface area contributed by atoms with E-state index in [2.05, 4.69) is 15.6 Å². The lowest BCUT2D eigenvalue weighted by molar-refractivity contribution is 0.354. The molecule has 0 aliphatic rings. The van der Waals surface area contributed by atoms with E-state index in [-0.39, 0.29) is 36.3 Å². The van der Waals surface area contributed by atoms with Gasteiger partial charge in [-0.1, -0.05) is 6.07 Å². The van der Waals surface area contributed by atoms with Gasteiger partial charge in [-0.25, -0.2) is 9.38 Å². The molecule has 2 N–H and O–H groups in total. The summed E-state index contributed by atoms with van der Waals surface area (Å²) < 4.78 is 24.5. The molecule has 0 bridgehead atoms. The van der Waals surface area contributed by atoms with Crippen LogP contribution < -0.4 is 20.1 Å². The largest absolute Gasteiger partial charge is 0.493 e. The van der Waals surface area contributed by atoms with Gasteiger partial charge in [-0.15, -0.1) is 24.0 Å². The molecule has 0 saturated carbocycles. The number of methoxy groups -OCH3 is 2. The average Bonchev–Trinajstić information content (AvgIpc) is 2.72. The second-order valence-electron chi connectivity index (χ2n) is 5.98. The Morgan fingerprint density at radius 1 is 1.10 bits per heavy atom. The molecule has 2 rings (SSSR count). The molecule has 0 atom stereocenters. The Morgan fingerprint density at radius 2 is 1.86 bits per heavy atom. The molecule has 156 valence electrons. The molecule has 0 saturated heterocycles.